The molecule has 0 rings (SSSR count). The fraction of sp³-hybridized carbons (Fsp3) is 0.929. The standard InChI is InChI=1S/C10H23N.C4H8O3/c1-2-3-4-5-6-7-8-9-10-11;1-4(2,7)3(5)6/h2-11H2,1H3;7H,1-2H3,(H,5,6). The first-order chi connectivity index (χ1) is 8.36. The number of hydrogen-bond acceptors (Lipinski definition) is 3. The largest absolute Gasteiger partial charge is 0.479 e. The second kappa shape index (κ2) is 12.8. The van der Waals surface area contributed by atoms with Crippen LogP contribution in [0.25, 0.3) is 0 Å². The van der Waals surface area contributed by atoms with Crippen molar-refractivity contribution in [3.8, 4) is 0 Å². The van der Waals surface area contributed by atoms with Crippen molar-refractivity contribution < 1.29 is 15.0 Å². The van der Waals surface area contributed by atoms with Gasteiger partial charge in [0.05, 0.1) is 0 Å². The third kappa shape index (κ3) is 17.8. The predicted molar refractivity (Wildman–Crippen MR) is 75.6 cm³/mol. The molecule has 110 valence electrons. The first-order valence-electron chi connectivity index (χ1n) is 7.02. The number of rotatable bonds is 9. The first kappa shape index (κ1) is 19.7. The number of aliphatic carboxylic acids is 1. The van der Waals surface area contributed by atoms with Crippen LogP contribution in [0.15, 0.2) is 0 Å². The summed E-state index contributed by atoms with van der Waals surface area (Å²) in [6.07, 6.45) is 11.0. The molecule has 4 nitrogen and oxygen atoms in total. The Hall–Kier alpha value is -0.610. The number of carbonyl (C=O) groups is 1. The van der Waals surface area contributed by atoms with Crippen LogP contribution in [0.2, 0.25) is 0 Å². The van der Waals surface area contributed by atoms with E-state index in [-0.39, 0.29) is 0 Å². The molecule has 0 aliphatic heterocycles. The Balaban J connectivity index is 0. The molecule has 0 fully saturated rings. The van der Waals surface area contributed by atoms with E-state index >= 15 is 0 Å². The van der Waals surface area contributed by atoms with Crippen LogP contribution in [0.5, 0.6) is 0 Å². The minimum absolute atomic E-state index is 0.870. The number of hydrogen-bond donors (Lipinski definition) is 3. The van der Waals surface area contributed by atoms with Crippen LogP contribution in [0.4, 0.5) is 0 Å². The molecule has 0 aliphatic rings. The zero-order valence-electron chi connectivity index (χ0n) is 12.2. The number of aliphatic hydroxyl groups is 1. The normalized spacial score (nSPS) is 10.7. The molecule has 18 heavy (non-hydrogen) atoms. The van der Waals surface area contributed by atoms with Gasteiger partial charge < -0.3 is 15.9 Å². The van der Waals surface area contributed by atoms with Crippen molar-refractivity contribution in [3.05, 3.63) is 0 Å². The summed E-state index contributed by atoms with van der Waals surface area (Å²) in [7, 11) is 0. The summed E-state index contributed by atoms with van der Waals surface area (Å²) in [4.78, 5) is 9.77. The van der Waals surface area contributed by atoms with Crippen molar-refractivity contribution in [3.63, 3.8) is 0 Å². The van der Waals surface area contributed by atoms with Crippen molar-refractivity contribution in [2.45, 2.75) is 77.7 Å². The Bertz CT molecular complexity index is 180. The molecule has 0 saturated carbocycles. The Morgan fingerprint density at radius 3 is 1.61 bits per heavy atom. The Morgan fingerprint density at radius 1 is 1.00 bits per heavy atom. The predicted octanol–water partition coefficient (Wildman–Crippen LogP) is 2.93. The molecule has 0 bridgehead atoms. The third-order valence-electron chi connectivity index (χ3n) is 2.58. The Labute approximate surface area is 112 Å². The van der Waals surface area contributed by atoms with Gasteiger partial charge in [0.1, 0.15) is 0 Å². The summed E-state index contributed by atoms with van der Waals surface area (Å²) in [6.45, 7) is 5.56. The van der Waals surface area contributed by atoms with E-state index in [0.29, 0.717) is 0 Å². The molecule has 0 aliphatic carbocycles. The molecule has 0 aromatic heterocycles. The summed E-state index contributed by atoms with van der Waals surface area (Å²) in [5.74, 6) is -1.20. The van der Waals surface area contributed by atoms with Gasteiger partial charge in [0, 0.05) is 0 Å². The van der Waals surface area contributed by atoms with Crippen molar-refractivity contribution in [2.24, 2.45) is 5.73 Å². The maximum absolute atomic E-state index is 9.77. The van der Waals surface area contributed by atoms with Gasteiger partial charge in [-0.05, 0) is 26.8 Å². The van der Waals surface area contributed by atoms with Crippen LogP contribution in [0.1, 0.15) is 72.1 Å². The average Bonchev–Trinajstić information content (AvgIpc) is 2.27. The van der Waals surface area contributed by atoms with Crippen LogP contribution in [-0.4, -0.2) is 28.3 Å². The van der Waals surface area contributed by atoms with E-state index in [4.69, 9.17) is 15.9 Å². The fourth-order valence-corrected chi connectivity index (χ4v) is 1.28. The van der Waals surface area contributed by atoms with Crippen molar-refractivity contribution in [1.29, 1.82) is 0 Å². The SMILES string of the molecule is CC(C)(O)C(=O)O.CCCCCCCCCCN. The second-order valence-electron chi connectivity index (χ2n) is 5.13. The van der Waals surface area contributed by atoms with Crippen LogP contribution in [-0.2, 0) is 4.79 Å². The van der Waals surface area contributed by atoms with Gasteiger partial charge in [0.15, 0.2) is 5.60 Å². The number of carboxylic acid groups (broad SMARTS) is 1. The van der Waals surface area contributed by atoms with E-state index in [0.717, 1.165) is 6.54 Å². The quantitative estimate of drug-likeness (QED) is 0.557. The molecule has 0 radical (unpaired) electrons. The van der Waals surface area contributed by atoms with Crippen LogP contribution >= 0.6 is 0 Å². The van der Waals surface area contributed by atoms with Gasteiger partial charge in [-0.25, -0.2) is 4.79 Å². The first-order valence-corrected chi connectivity index (χ1v) is 7.02. The zero-order valence-corrected chi connectivity index (χ0v) is 12.2. The highest BCUT2D eigenvalue weighted by atomic mass is 16.4. The minimum Gasteiger partial charge on any atom is -0.479 e. The Kier molecular flexibility index (Phi) is 14.1. The lowest BCUT2D eigenvalue weighted by Crippen LogP contribution is -2.30. The van der Waals surface area contributed by atoms with Gasteiger partial charge in [0.2, 0.25) is 0 Å². The van der Waals surface area contributed by atoms with Gasteiger partial charge in [-0.15, -0.1) is 0 Å². The highest BCUT2D eigenvalue weighted by Crippen LogP contribution is 2.07. The van der Waals surface area contributed by atoms with E-state index in [1.807, 2.05) is 0 Å². The van der Waals surface area contributed by atoms with Gasteiger partial charge in [-0.2, -0.15) is 0 Å². The van der Waals surface area contributed by atoms with Crippen LogP contribution in [0.3, 0.4) is 0 Å². The van der Waals surface area contributed by atoms with Crippen LogP contribution < -0.4 is 5.73 Å². The number of unbranched alkanes of at least 4 members (excludes halogenated alkanes) is 7. The smallest absolute Gasteiger partial charge is 0.335 e. The molecule has 4 heteroatoms. The van der Waals surface area contributed by atoms with Crippen molar-refractivity contribution in [1.82, 2.24) is 0 Å². The molecule has 0 aromatic rings. The lowest BCUT2D eigenvalue weighted by atomic mass is 10.1. The molecule has 0 amide bonds. The summed E-state index contributed by atoms with van der Waals surface area (Å²) >= 11 is 0. The zero-order chi connectivity index (χ0) is 14.4. The summed E-state index contributed by atoms with van der Waals surface area (Å²) < 4.78 is 0. The molecule has 0 unspecified atom stereocenters. The monoisotopic (exact) mass is 261 g/mol. The van der Waals surface area contributed by atoms with Crippen LogP contribution in [0, 0.1) is 0 Å². The average molecular weight is 261 g/mol. The summed E-state index contributed by atoms with van der Waals surface area (Å²) in [6, 6.07) is 0. The second-order valence-corrected chi connectivity index (χ2v) is 5.13. The van der Waals surface area contributed by atoms with E-state index in [9.17, 15) is 4.79 Å². The Morgan fingerprint density at radius 2 is 1.33 bits per heavy atom. The van der Waals surface area contributed by atoms with Crippen molar-refractivity contribution in [2.75, 3.05) is 6.54 Å². The van der Waals surface area contributed by atoms with E-state index in [1.165, 1.54) is 65.2 Å². The highest BCUT2D eigenvalue weighted by Gasteiger charge is 2.21. The molecule has 0 saturated heterocycles. The lowest BCUT2D eigenvalue weighted by molar-refractivity contribution is -0.154. The highest BCUT2D eigenvalue weighted by molar-refractivity contribution is 5.75. The molecule has 0 aromatic carbocycles. The maximum atomic E-state index is 9.77. The van der Waals surface area contributed by atoms with Gasteiger partial charge in [-0.1, -0.05) is 51.9 Å². The number of carboxylic acids is 1. The molecular formula is C14H31NO3. The van der Waals surface area contributed by atoms with E-state index < -0.39 is 11.6 Å². The van der Waals surface area contributed by atoms with E-state index in [1.54, 1.807) is 0 Å². The summed E-state index contributed by atoms with van der Waals surface area (Å²) in [5, 5.41) is 16.5. The molecule has 0 atom stereocenters. The number of nitrogens with two attached hydrogens (primary N) is 1. The molecule has 4 N–H and O–H groups in total. The van der Waals surface area contributed by atoms with Crippen molar-refractivity contribution >= 4 is 5.97 Å². The fourth-order valence-electron chi connectivity index (χ4n) is 1.28. The lowest BCUT2D eigenvalue weighted by Gasteiger charge is -2.07. The molecule has 0 spiro atoms. The maximum Gasteiger partial charge on any atom is 0.335 e. The third-order valence-corrected chi connectivity index (χ3v) is 2.58. The van der Waals surface area contributed by atoms with Gasteiger partial charge in [-0.3, -0.25) is 0 Å². The van der Waals surface area contributed by atoms with Gasteiger partial charge in [0.25, 0.3) is 0 Å². The van der Waals surface area contributed by atoms with E-state index in [2.05, 4.69) is 6.92 Å². The molecular weight excluding hydrogens is 230 g/mol. The van der Waals surface area contributed by atoms with Gasteiger partial charge >= 0.3 is 5.97 Å². The molecule has 0 heterocycles. The minimum atomic E-state index is -1.58. The summed E-state index contributed by atoms with van der Waals surface area (Å²) in [5.41, 5.74) is 3.81. The topological polar surface area (TPSA) is 83.5 Å².